The SMILES string of the molecule is C=CC(=O)Nc1cc(Nc2nccc(-c3c4n(c5ccccc35)CCC4)n2)c(OC)cc1C#CCN(C)C. The molecule has 2 N–H and O–H groups in total. The van der Waals surface area contributed by atoms with E-state index in [0.717, 1.165) is 30.6 Å². The minimum Gasteiger partial charge on any atom is -0.495 e. The van der Waals surface area contributed by atoms with E-state index in [2.05, 4.69) is 62.9 Å². The number of hydrogen-bond acceptors (Lipinski definition) is 6. The van der Waals surface area contributed by atoms with Gasteiger partial charge in [-0.3, -0.25) is 9.69 Å². The molecular formula is C30H30N6O2. The Bertz CT molecular complexity index is 1590. The molecule has 1 aliphatic heterocycles. The van der Waals surface area contributed by atoms with E-state index in [4.69, 9.17) is 9.72 Å². The van der Waals surface area contributed by atoms with Gasteiger partial charge in [-0.05, 0) is 51.2 Å². The van der Waals surface area contributed by atoms with Gasteiger partial charge in [-0.1, -0.05) is 36.6 Å². The van der Waals surface area contributed by atoms with Gasteiger partial charge in [0.05, 0.1) is 36.3 Å². The highest BCUT2D eigenvalue weighted by Gasteiger charge is 2.23. The number of amides is 1. The maximum atomic E-state index is 12.2. The van der Waals surface area contributed by atoms with Crippen LogP contribution < -0.4 is 15.4 Å². The van der Waals surface area contributed by atoms with E-state index in [1.807, 2.05) is 25.1 Å². The Hall–Kier alpha value is -4.61. The monoisotopic (exact) mass is 506 g/mol. The molecule has 0 unspecified atom stereocenters. The largest absolute Gasteiger partial charge is 0.495 e. The zero-order valence-electron chi connectivity index (χ0n) is 21.8. The first-order chi connectivity index (χ1) is 18.5. The lowest BCUT2D eigenvalue weighted by atomic mass is 10.1. The number of hydrogen-bond donors (Lipinski definition) is 2. The molecule has 0 radical (unpaired) electrons. The summed E-state index contributed by atoms with van der Waals surface area (Å²) in [5.74, 6) is 6.89. The average molecular weight is 507 g/mol. The number of nitrogens with one attached hydrogen (secondary N) is 2. The number of aromatic nitrogens is 3. The molecule has 0 saturated heterocycles. The lowest BCUT2D eigenvalue weighted by Crippen LogP contribution is -2.11. The molecule has 0 atom stereocenters. The van der Waals surface area contributed by atoms with Crippen molar-refractivity contribution < 1.29 is 9.53 Å². The Morgan fingerprint density at radius 3 is 2.87 bits per heavy atom. The Morgan fingerprint density at radius 2 is 2.08 bits per heavy atom. The second-order valence-corrected chi connectivity index (χ2v) is 9.32. The van der Waals surface area contributed by atoms with Gasteiger partial charge in [0, 0.05) is 41.0 Å². The van der Waals surface area contributed by atoms with Crippen molar-refractivity contribution in [3.63, 3.8) is 0 Å². The van der Waals surface area contributed by atoms with Crippen molar-refractivity contribution in [3.05, 3.63) is 72.6 Å². The number of fused-ring (bicyclic) bond motifs is 3. The number of rotatable bonds is 7. The Kier molecular flexibility index (Phi) is 7.11. The quantitative estimate of drug-likeness (QED) is 0.276. The maximum Gasteiger partial charge on any atom is 0.247 e. The third-order valence-corrected chi connectivity index (χ3v) is 6.43. The minimum absolute atomic E-state index is 0.329. The number of ether oxygens (including phenoxy) is 1. The summed E-state index contributed by atoms with van der Waals surface area (Å²) in [5, 5.41) is 7.33. The highest BCUT2D eigenvalue weighted by Crippen LogP contribution is 2.38. The Morgan fingerprint density at radius 1 is 1.24 bits per heavy atom. The molecule has 0 spiro atoms. The van der Waals surface area contributed by atoms with Crippen molar-refractivity contribution in [2.24, 2.45) is 0 Å². The lowest BCUT2D eigenvalue weighted by Gasteiger charge is -2.15. The fourth-order valence-corrected chi connectivity index (χ4v) is 4.77. The van der Waals surface area contributed by atoms with Crippen LogP contribution in [0.3, 0.4) is 0 Å². The molecule has 2 aromatic carbocycles. The van der Waals surface area contributed by atoms with Gasteiger partial charge in [-0.15, -0.1) is 0 Å². The summed E-state index contributed by atoms with van der Waals surface area (Å²) in [7, 11) is 5.48. The van der Waals surface area contributed by atoms with E-state index in [-0.39, 0.29) is 5.91 Å². The highest BCUT2D eigenvalue weighted by atomic mass is 16.5. The molecule has 0 saturated carbocycles. The third-order valence-electron chi connectivity index (χ3n) is 6.43. The first-order valence-electron chi connectivity index (χ1n) is 12.5. The van der Waals surface area contributed by atoms with Crippen molar-refractivity contribution in [3.8, 4) is 28.8 Å². The molecule has 1 amide bonds. The normalized spacial score (nSPS) is 12.1. The number of anilines is 3. The van der Waals surface area contributed by atoms with Crippen LogP contribution in [0.25, 0.3) is 22.2 Å². The van der Waals surface area contributed by atoms with Crippen LogP contribution in [0.5, 0.6) is 5.75 Å². The first-order valence-corrected chi connectivity index (χ1v) is 12.5. The molecular weight excluding hydrogens is 476 g/mol. The van der Waals surface area contributed by atoms with Crippen LogP contribution in [0.2, 0.25) is 0 Å². The fourth-order valence-electron chi connectivity index (χ4n) is 4.77. The predicted molar refractivity (Wildman–Crippen MR) is 152 cm³/mol. The molecule has 0 aliphatic carbocycles. The number of methoxy groups -OCH3 is 1. The summed E-state index contributed by atoms with van der Waals surface area (Å²) < 4.78 is 8.06. The fraction of sp³-hybridized carbons (Fsp3) is 0.233. The van der Waals surface area contributed by atoms with Crippen LogP contribution in [0.1, 0.15) is 17.7 Å². The molecule has 0 fully saturated rings. The summed E-state index contributed by atoms with van der Waals surface area (Å²) in [6, 6.07) is 14.0. The van der Waals surface area contributed by atoms with Crippen molar-refractivity contribution in [1.29, 1.82) is 0 Å². The number of para-hydroxylation sites is 1. The second-order valence-electron chi connectivity index (χ2n) is 9.32. The zero-order chi connectivity index (χ0) is 26.6. The Balaban J connectivity index is 1.53. The van der Waals surface area contributed by atoms with Crippen molar-refractivity contribution in [2.75, 3.05) is 38.4 Å². The van der Waals surface area contributed by atoms with Crippen LogP contribution in [0.4, 0.5) is 17.3 Å². The molecule has 8 nitrogen and oxygen atoms in total. The van der Waals surface area contributed by atoms with Gasteiger partial charge in [0.25, 0.3) is 0 Å². The van der Waals surface area contributed by atoms with Crippen molar-refractivity contribution >= 4 is 34.1 Å². The molecule has 2 aromatic heterocycles. The van der Waals surface area contributed by atoms with E-state index in [9.17, 15) is 4.79 Å². The van der Waals surface area contributed by atoms with E-state index < -0.39 is 0 Å². The first kappa shape index (κ1) is 25.1. The summed E-state index contributed by atoms with van der Waals surface area (Å²) in [5.41, 5.74) is 6.34. The number of benzene rings is 2. The number of carbonyl (C=O) groups excluding carboxylic acids is 1. The summed E-state index contributed by atoms with van der Waals surface area (Å²) >= 11 is 0. The molecule has 192 valence electrons. The van der Waals surface area contributed by atoms with E-state index in [1.54, 1.807) is 25.4 Å². The van der Waals surface area contributed by atoms with Gasteiger partial charge >= 0.3 is 0 Å². The van der Waals surface area contributed by atoms with Gasteiger partial charge in [-0.25, -0.2) is 9.97 Å². The molecule has 4 aromatic rings. The van der Waals surface area contributed by atoms with Gasteiger partial charge < -0.3 is 19.9 Å². The second kappa shape index (κ2) is 10.8. The van der Waals surface area contributed by atoms with Gasteiger partial charge in [0.2, 0.25) is 11.9 Å². The topological polar surface area (TPSA) is 84.3 Å². The summed E-state index contributed by atoms with van der Waals surface area (Å²) in [6.45, 7) is 5.16. The van der Waals surface area contributed by atoms with Crippen LogP contribution in [0.15, 0.2) is 61.3 Å². The van der Waals surface area contributed by atoms with Crippen molar-refractivity contribution in [1.82, 2.24) is 19.4 Å². The zero-order valence-corrected chi connectivity index (χ0v) is 21.8. The number of carbonyl (C=O) groups is 1. The van der Waals surface area contributed by atoms with Gasteiger partial charge in [-0.2, -0.15) is 0 Å². The molecule has 38 heavy (non-hydrogen) atoms. The molecule has 8 heteroatoms. The maximum absolute atomic E-state index is 12.2. The Labute approximate surface area is 222 Å². The van der Waals surface area contributed by atoms with Crippen LogP contribution in [-0.4, -0.2) is 53.1 Å². The minimum atomic E-state index is -0.329. The van der Waals surface area contributed by atoms with Crippen molar-refractivity contribution in [2.45, 2.75) is 19.4 Å². The van der Waals surface area contributed by atoms with Crippen LogP contribution in [0, 0.1) is 11.8 Å². The highest BCUT2D eigenvalue weighted by molar-refractivity contribution is 6.00. The van der Waals surface area contributed by atoms with E-state index in [1.165, 1.54) is 22.7 Å². The summed E-state index contributed by atoms with van der Waals surface area (Å²) in [4.78, 5) is 23.5. The smallest absolute Gasteiger partial charge is 0.247 e. The van der Waals surface area contributed by atoms with E-state index in [0.29, 0.717) is 35.2 Å². The number of aryl methyl sites for hydroxylation is 1. The molecule has 0 bridgehead atoms. The predicted octanol–water partition coefficient (Wildman–Crippen LogP) is 4.83. The van der Waals surface area contributed by atoms with Crippen LogP contribution >= 0.6 is 0 Å². The van der Waals surface area contributed by atoms with E-state index >= 15 is 0 Å². The average Bonchev–Trinajstić information content (AvgIpc) is 3.50. The lowest BCUT2D eigenvalue weighted by molar-refractivity contribution is -0.111. The van der Waals surface area contributed by atoms with Gasteiger partial charge in [0.15, 0.2) is 0 Å². The standard InChI is InChI=1S/C30H30N6O2/c1-5-28(37)32-23-19-24(27(38-4)18-20(23)10-8-16-35(2)3)34-30-31-15-14-22(33-30)29-21-11-6-7-12-25(21)36-17-9-13-26(29)36/h5-7,11-12,14-15,18-19H,1,9,13,16-17H2,2-4H3,(H,32,37)(H,31,33,34). The molecule has 5 rings (SSSR count). The summed E-state index contributed by atoms with van der Waals surface area (Å²) in [6.07, 6.45) is 5.13. The molecule has 1 aliphatic rings. The van der Waals surface area contributed by atoms with Gasteiger partial charge in [0.1, 0.15) is 5.75 Å². The van der Waals surface area contributed by atoms with Crippen LogP contribution in [-0.2, 0) is 17.8 Å². The molecule has 3 heterocycles. The number of nitrogens with zero attached hydrogens (tertiary/aromatic N) is 4. The third kappa shape index (κ3) is 4.97.